The van der Waals surface area contributed by atoms with E-state index in [0.717, 1.165) is 21.9 Å². The van der Waals surface area contributed by atoms with Gasteiger partial charge in [0, 0.05) is 45.2 Å². The molecule has 1 N–H and O–H groups in total. The minimum Gasteiger partial charge on any atom is -0.541 e. The molecule has 0 amide bonds. The van der Waals surface area contributed by atoms with Crippen molar-refractivity contribution in [1.29, 1.82) is 10.5 Å². The van der Waals surface area contributed by atoms with Gasteiger partial charge < -0.3 is 28.0 Å². The number of para-hydroxylation sites is 6. The number of nitrogens with zero attached hydrogens (tertiary/aromatic N) is 8. The Morgan fingerprint density at radius 2 is 1.26 bits per heavy atom. The van der Waals surface area contributed by atoms with Gasteiger partial charge in [0.2, 0.25) is 0 Å². The van der Waals surface area contributed by atoms with Crippen LogP contribution in [-0.4, -0.2) is 48.9 Å². The third kappa shape index (κ3) is 6.25. The summed E-state index contributed by atoms with van der Waals surface area (Å²) in [4.78, 5) is 19.4. The van der Waals surface area contributed by atoms with Crippen LogP contribution in [0.3, 0.4) is 0 Å². The van der Waals surface area contributed by atoms with Crippen LogP contribution in [0.15, 0.2) is 134 Å². The molecule has 5 heterocycles. The van der Waals surface area contributed by atoms with Crippen LogP contribution in [0.2, 0.25) is 0 Å². The van der Waals surface area contributed by atoms with Crippen molar-refractivity contribution in [2.24, 2.45) is 0 Å². The molecule has 1 aliphatic rings. The first-order chi connectivity index (χ1) is 30.3. The van der Waals surface area contributed by atoms with Crippen molar-refractivity contribution < 1.29 is 19.1 Å². The normalized spacial score (nSPS) is 13.0. The second-order valence-electron chi connectivity index (χ2n) is 15.2. The topological polar surface area (TPSA) is 157 Å². The van der Waals surface area contributed by atoms with Gasteiger partial charge in [-0.25, -0.2) is 19.9 Å². The van der Waals surface area contributed by atoms with Crippen molar-refractivity contribution in [3.63, 3.8) is 0 Å². The third-order valence-corrected chi connectivity index (χ3v) is 11.1. The van der Waals surface area contributed by atoms with E-state index >= 15 is 0 Å². The van der Waals surface area contributed by atoms with Gasteiger partial charge in [-0.3, -0.25) is 0 Å². The van der Waals surface area contributed by atoms with Crippen LogP contribution in [-0.2, 0) is 0 Å². The Morgan fingerprint density at radius 3 is 1.85 bits per heavy atom. The Labute approximate surface area is 356 Å². The van der Waals surface area contributed by atoms with E-state index in [-0.39, 0.29) is 47.8 Å². The van der Waals surface area contributed by atoms with Crippen LogP contribution < -0.4 is 24.7 Å². The summed E-state index contributed by atoms with van der Waals surface area (Å²) in [7, 11) is -1.26. The monoisotopic (exact) mass is 808 g/mol. The first kappa shape index (κ1) is 37.9. The second-order valence-corrected chi connectivity index (χ2v) is 15.2. The number of aryl methyl sites for hydroxylation is 1. The summed E-state index contributed by atoms with van der Waals surface area (Å²) in [6.45, 7) is 6.09. The van der Waals surface area contributed by atoms with E-state index in [9.17, 15) is 15.6 Å². The standard InChI is InChI=1S/C48H34B2N8O4/c1-28(2)43-41-42(44(57(43)49-60-38-21-11-10-20-37(38)59)33(24-51)47-53-26-30-15-5-8-18-35(30)55-47)45(32-17-7-4-14-29(32)3)58(50-61-39-22-12-13-23-40(39)62-50)46(41)34(25-52)48-54-27-31-16-6-9-19-36(31)56-48/h4-23,26-28,49,59H,1-3H3/b44-33-,46-34-. The smallest absolute Gasteiger partial charge is 0.541 e. The molecule has 62 heavy (non-hydrogen) atoms. The van der Waals surface area contributed by atoms with E-state index in [1.54, 1.807) is 36.7 Å². The Morgan fingerprint density at radius 1 is 0.710 bits per heavy atom. The van der Waals surface area contributed by atoms with Gasteiger partial charge in [-0.1, -0.05) is 98.8 Å². The molecule has 1 aliphatic heterocycles. The summed E-state index contributed by atoms with van der Waals surface area (Å²) < 4.78 is 23.6. The largest absolute Gasteiger partial charge is 0.743 e. The molecular weight excluding hydrogens is 774 g/mol. The highest BCUT2D eigenvalue weighted by Gasteiger charge is 2.42. The number of aromatic hydroxyl groups is 1. The maximum absolute atomic E-state index is 11.5. The minimum absolute atomic E-state index is 0.0450. The molecule has 0 radical (unpaired) electrons. The van der Waals surface area contributed by atoms with Gasteiger partial charge in [-0.05, 0) is 54.8 Å². The molecular formula is C48H34B2N8O4. The third-order valence-electron chi connectivity index (χ3n) is 11.1. The number of benzene rings is 5. The predicted molar refractivity (Wildman–Crippen MR) is 239 cm³/mol. The van der Waals surface area contributed by atoms with E-state index in [4.69, 9.17) is 33.9 Å². The van der Waals surface area contributed by atoms with Gasteiger partial charge in [-0.2, -0.15) is 10.5 Å². The molecule has 0 spiro atoms. The Bertz CT molecular complexity index is 3470. The average Bonchev–Trinajstić information content (AvgIpc) is 3.97. The van der Waals surface area contributed by atoms with E-state index in [1.165, 1.54) is 0 Å². The molecule has 0 aliphatic carbocycles. The molecule has 4 aromatic heterocycles. The molecule has 0 unspecified atom stereocenters. The number of phenols is 1. The summed E-state index contributed by atoms with van der Waals surface area (Å²) >= 11 is 0. The molecule has 0 fully saturated rings. The maximum Gasteiger partial charge on any atom is 0.743 e. The van der Waals surface area contributed by atoms with Crippen molar-refractivity contribution in [2.45, 2.75) is 26.7 Å². The fourth-order valence-corrected chi connectivity index (χ4v) is 8.32. The van der Waals surface area contributed by atoms with Gasteiger partial charge in [0.1, 0.15) is 40.5 Å². The molecule has 0 saturated carbocycles. The average molecular weight is 808 g/mol. The van der Waals surface area contributed by atoms with Crippen LogP contribution in [0, 0.1) is 29.6 Å². The van der Waals surface area contributed by atoms with Gasteiger partial charge in [0.15, 0.2) is 17.4 Å². The minimum atomic E-state index is -1.12. The number of phenolic OH excluding ortho intramolecular Hbond substituents is 1. The number of nitriles is 2. The van der Waals surface area contributed by atoms with Crippen LogP contribution >= 0.6 is 0 Å². The first-order valence-electron chi connectivity index (χ1n) is 20.0. The predicted octanol–water partition coefficient (Wildman–Crippen LogP) is 7.08. The number of fused-ring (bicyclic) bond motifs is 4. The zero-order chi connectivity index (χ0) is 42.5. The van der Waals surface area contributed by atoms with E-state index < -0.39 is 7.25 Å². The van der Waals surface area contributed by atoms with E-state index in [0.29, 0.717) is 55.4 Å². The van der Waals surface area contributed by atoms with Crippen LogP contribution in [0.5, 0.6) is 23.0 Å². The Hall–Kier alpha value is -8.35. The number of rotatable bonds is 8. The maximum atomic E-state index is 11.5. The number of hydrogen-bond acceptors (Lipinski definition) is 10. The zero-order valence-corrected chi connectivity index (χ0v) is 33.8. The molecule has 9 aromatic rings. The Kier molecular flexibility index (Phi) is 9.38. The quantitative estimate of drug-likeness (QED) is 0.158. The Balaban J connectivity index is 1.45. The summed E-state index contributed by atoms with van der Waals surface area (Å²) in [5, 5.41) is 37.5. The summed E-state index contributed by atoms with van der Waals surface area (Å²) in [6.07, 6.45) is 3.41. The van der Waals surface area contributed by atoms with Crippen LogP contribution in [0.25, 0.3) is 55.0 Å². The summed E-state index contributed by atoms with van der Waals surface area (Å²) in [5.41, 5.74) is 4.64. The first-order valence-corrected chi connectivity index (χ1v) is 20.0. The molecule has 0 atom stereocenters. The lowest BCUT2D eigenvalue weighted by Gasteiger charge is -2.18. The molecule has 5 aromatic carbocycles. The fourth-order valence-electron chi connectivity index (χ4n) is 8.32. The molecule has 14 heteroatoms. The highest BCUT2D eigenvalue weighted by atomic mass is 16.6. The van der Waals surface area contributed by atoms with Gasteiger partial charge in [0.25, 0.3) is 0 Å². The van der Waals surface area contributed by atoms with Gasteiger partial charge >= 0.3 is 14.9 Å². The van der Waals surface area contributed by atoms with Crippen molar-refractivity contribution in [2.75, 3.05) is 0 Å². The summed E-state index contributed by atoms with van der Waals surface area (Å²) in [5.74, 6) is 1.38. The van der Waals surface area contributed by atoms with Crippen LogP contribution in [0.4, 0.5) is 0 Å². The second kappa shape index (κ2) is 15.4. The molecule has 10 rings (SSSR count). The SMILES string of the molecule is Cc1ccccc1-c1c2/c(=C(\C#N)c3ncc4ccccc4n3)n(BOc3ccccc3O)c(C(C)C)c2/c(=C(\C#N)c2ncc3ccccc3n2)n1B1Oc2ccccc2O1. The molecule has 0 bridgehead atoms. The highest BCUT2D eigenvalue weighted by molar-refractivity contribution is 6.47. The number of aromatic nitrogens is 6. The van der Waals surface area contributed by atoms with Crippen molar-refractivity contribution in [3.05, 3.63) is 167 Å². The number of hydrogen-bond donors (Lipinski definition) is 1. The van der Waals surface area contributed by atoms with Crippen molar-refractivity contribution >= 4 is 58.6 Å². The molecule has 0 saturated heterocycles. The lowest BCUT2D eigenvalue weighted by atomic mass is 9.99. The van der Waals surface area contributed by atoms with Crippen molar-refractivity contribution in [3.8, 4) is 46.4 Å². The lowest BCUT2D eigenvalue weighted by Crippen LogP contribution is -2.43. The van der Waals surface area contributed by atoms with Crippen molar-refractivity contribution in [1.82, 2.24) is 28.9 Å². The fraction of sp³-hybridized carbons (Fsp3) is 0.0833. The van der Waals surface area contributed by atoms with Gasteiger partial charge in [-0.15, -0.1) is 0 Å². The van der Waals surface area contributed by atoms with Crippen LogP contribution in [0.1, 0.15) is 42.7 Å². The molecule has 296 valence electrons. The highest BCUT2D eigenvalue weighted by Crippen LogP contribution is 2.39. The van der Waals surface area contributed by atoms with Gasteiger partial charge in [0.05, 0.1) is 27.4 Å². The van der Waals surface area contributed by atoms with E-state index in [2.05, 4.69) is 12.1 Å². The molecule has 12 nitrogen and oxygen atoms in total. The zero-order valence-electron chi connectivity index (χ0n) is 33.8. The summed E-state index contributed by atoms with van der Waals surface area (Å²) in [6, 6.07) is 42.2. The lowest BCUT2D eigenvalue weighted by molar-refractivity contribution is 0.441. The van der Waals surface area contributed by atoms with E-state index in [1.807, 2.05) is 127 Å².